The molecule has 0 radical (unpaired) electrons. The van der Waals surface area contributed by atoms with Crippen molar-refractivity contribution in [2.75, 3.05) is 17.2 Å². The fourth-order valence-corrected chi connectivity index (χ4v) is 1.23. The van der Waals surface area contributed by atoms with Crippen LogP contribution in [0.5, 0.6) is 0 Å². The Balaban J connectivity index is 0.000000160. The highest BCUT2D eigenvalue weighted by Gasteiger charge is 1.79. The van der Waals surface area contributed by atoms with E-state index in [-0.39, 0.29) is 0 Å². The van der Waals surface area contributed by atoms with Crippen molar-refractivity contribution < 1.29 is 0 Å². The van der Waals surface area contributed by atoms with Gasteiger partial charge in [0.05, 0.1) is 0 Å². The molecule has 2 N–H and O–H groups in total. The summed E-state index contributed by atoms with van der Waals surface area (Å²) in [6.07, 6.45) is 0. The Hall–Kier alpha value is -1.67. The molecule has 16 heavy (non-hydrogen) atoms. The fourth-order valence-electron chi connectivity index (χ4n) is 1.11. The summed E-state index contributed by atoms with van der Waals surface area (Å²) in [4.78, 5) is 2.50. The third kappa shape index (κ3) is 4.71. The molecule has 0 aliphatic carbocycles. The Morgan fingerprint density at radius 2 is 1.19 bits per heavy atom. The topological polar surface area (TPSA) is 24.1 Å². The molecule has 2 aromatic rings. The minimum Gasteiger partial charge on any atom is -0.388 e. The van der Waals surface area contributed by atoms with Crippen LogP contribution in [0.1, 0.15) is 0 Å². The third-order valence-electron chi connectivity index (χ3n) is 1.95. The van der Waals surface area contributed by atoms with Gasteiger partial charge in [0.25, 0.3) is 0 Å². The first kappa shape index (κ1) is 12.4. The quantitative estimate of drug-likeness (QED) is 0.768. The highest BCUT2D eigenvalue weighted by Crippen LogP contribution is 2.04. The van der Waals surface area contributed by atoms with Crippen molar-refractivity contribution in [1.82, 2.24) is 0 Å². The summed E-state index contributed by atoms with van der Waals surface area (Å²) in [5.41, 5.74) is 2.08. The first-order chi connectivity index (χ1) is 7.86. The van der Waals surface area contributed by atoms with Crippen molar-refractivity contribution in [3.8, 4) is 0 Å². The molecular formula is C13H15ClN2. The van der Waals surface area contributed by atoms with E-state index >= 15 is 0 Å². The summed E-state index contributed by atoms with van der Waals surface area (Å²) in [5.74, 6) is 0. The molecule has 0 bridgehead atoms. The molecule has 0 fully saturated rings. The second kappa shape index (κ2) is 7.60. The number of hydrogen-bond donors (Lipinski definition) is 2. The van der Waals surface area contributed by atoms with Crippen LogP contribution in [-0.4, -0.2) is 7.05 Å². The van der Waals surface area contributed by atoms with Crippen molar-refractivity contribution in [3.05, 3.63) is 60.7 Å². The van der Waals surface area contributed by atoms with Gasteiger partial charge < -0.3 is 5.32 Å². The van der Waals surface area contributed by atoms with Gasteiger partial charge in [-0.2, -0.15) is 0 Å². The van der Waals surface area contributed by atoms with Gasteiger partial charge in [-0.3, -0.25) is 4.84 Å². The van der Waals surface area contributed by atoms with Crippen LogP contribution in [0.3, 0.4) is 0 Å². The molecule has 0 heterocycles. The third-order valence-corrected chi connectivity index (χ3v) is 2.16. The zero-order valence-corrected chi connectivity index (χ0v) is 9.91. The largest absolute Gasteiger partial charge is 0.388 e. The van der Waals surface area contributed by atoms with E-state index in [0.29, 0.717) is 0 Å². The zero-order valence-electron chi connectivity index (χ0n) is 9.15. The Kier molecular flexibility index (Phi) is 5.89. The number of benzene rings is 2. The van der Waals surface area contributed by atoms with Crippen LogP contribution in [0, 0.1) is 0 Å². The smallest absolute Gasteiger partial charge is 0.0491 e. The fraction of sp³-hybridized carbons (Fsp3) is 0.0769. The summed E-state index contributed by atoms with van der Waals surface area (Å²) in [6, 6.07) is 19.6. The molecule has 2 rings (SSSR count). The van der Waals surface area contributed by atoms with E-state index in [0.717, 1.165) is 11.4 Å². The normalized spacial score (nSPS) is 8.62. The second-order valence-electron chi connectivity index (χ2n) is 3.08. The minimum atomic E-state index is 0.925. The molecule has 0 amide bonds. The maximum Gasteiger partial charge on any atom is 0.0491 e. The maximum absolute atomic E-state index is 5.28. The standard InChI is InChI=1S/C7H9N.C6H6ClN/c1-8-7-5-3-2-4-6-7;7-8-6-4-2-1-3-5-6/h2-6,8H,1H3;1-5,8H. The van der Waals surface area contributed by atoms with Gasteiger partial charge in [-0.1, -0.05) is 36.4 Å². The number of rotatable bonds is 2. The van der Waals surface area contributed by atoms with E-state index in [2.05, 4.69) is 10.2 Å². The Morgan fingerprint density at radius 3 is 1.44 bits per heavy atom. The molecule has 0 aromatic heterocycles. The van der Waals surface area contributed by atoms with Gasteiger partial charge in [-0.15, -0.1) is 0 Å². The van der Waals surface area contributed by atoms with E-state index in [1.165, 1.54) is 0 Å². The van der Waals surface area contributed by atoms with Crippen molar-refractivity contribution in [1.29, 1.82) is 0 Å². The Morgan fingerprint density at radius 1 is 0.750 bits per heavy atom. The SMILES string of the molecule is CNc1ccccc1.ClNc1ccccc1. The average Bonchev–Trinajstić information content (AvgIpc) is 2.41. The minimum absolute atomic E-state index is 0.925. The number of halogens is 1. The lowest BCUT2D eigenvalue weighted by atomic mass is 10.3. The van der Waals surface area contributed by atoms with Gasteiger partial charge in [0.15, 0.2) is 0 Å². The summed E-state index contributed by atoms with van der Waals surface area (Å²) >= 11 is 5.28. The number of hydrogen-bond acceptors (Lipinski definition) is 2. The Labute approximate surface area is 101 Å². The second-order valence-corrected chi connectivity index (χ2v) is 3.27. The molecule has 0 saturated heterocycles. The lowest BCUT2D eigenvalue weighted by molar-refractivity contribution is 1.51. The van der Waals surface area contributed by atoms with Gasteiger partial charge in [-0.05, 0) is 24.3 Å². The first-order valence-electron chi connectivity index (χ1n) is 5.01. The van der Waals surface area contributed by atoms with Crippen LogP contribution >= 0.6 is 11.8 Å². The van der Waals surface area contributed by atoms with E-state index in [1.54, 1.807) is 0 Å². The highest BCUT2D eigenvalue weighted by atomic mass is 35.5. The summed E-state index contributed by atoms with van der Waals surface area (Å²) in [5, 5.41) is 3.03. The molecule has 0 spiro atoms. The first-order valence-corrected chi connectivity index (χ1v) is 5.39. The Bertz CT molecular complexity index is 336. The van der Waals surface area contributed by atoms with Gasteiger partial charge >= 0.3 is 0 Å². The van der Waals surface area contributed by atoms with E-state index < -0.39 is 0 Å². The van der Waals surface area contributed by atoms with Crippen molar-refractivity contribution in [2.45, 2.75) is 0 Å². The zero-order chi connectivity index (χ0) is 11.6. The predicted octanol–water partition coefficient (Wildman–Crippen LogP) is 3.98. The summed E-state index contributed by atoms with van der Waals surface area (Å²) in [6.45, 7) is 0. The van der Waals surface area contributed by atoms with Crippen LogP contribution in [0.2, 0.25) is 0 Å². The van der Waals surface area contributed by atoms with E-state index in [1.807, 2.05) is 67.7 Å². The molecule has 2 aromatic carbocycles. The van der Waals surface area contributed by atoms with E-state index in [9.17, 15) is 0 Å². The molecule has 0 aliphatic heterocycles. The van der Waals surface area contributed by atoms with Crippen LogP contribution in [0.15, 0.2) is 60.7 Å². The molecule has 84 valence electrons. The van der Waals surface area contributed by atoms with Crippen LogP contribution in [0.4, 0.5) is 11.4 Å². The van der Waals surface area contributed by atoms with Crippen LogP contribution < -0.4 is 10.2 Å². The summed E-state index contributed by atoms with van der Waals surface area (Å²) < 4.78 is 0. The molecule has 3 heteroatoms. The maximum atomic E-state index is 5.28. The summed E-state index contributed by atoms with van der Waals surface area (Å²) in [7, 11) is 1.91. The number of nitrogens with one attached hydrogen (secondary N) is 2. The lowest BCUT2D eigenvalue weighted by Crippen LogP contribution is -1.84. The van der Waals surface area contributed by atoms with Crippen LogP contribution in [-0.2, 0) is 0 Å². The molecule has 0 unspecified atom stereocenters. The van der Waals surface area contributed by atoms with Gasteiger partial charge in [0.2, 0.25) is 0 Å². The van der Waals surface area contributed by atoms with E-state index in [4.69, 9.17) is 11.8 Å². The van der Waals surface area contributed by atoms with Crippen molar-refractivity contribution in [3.63, 3.8) is 0 Å². The predicted molar refractivity (Wildman–Crippen MR) is 71.9 cm³/mol. The average molecular weight is 235 g/mol. The van der Waals surface area contributed by atoms with Crippen molar-refractivity contribution >= 4 is 23.2 Å². The van der Waals surface area contributed by atoms with Gasteiger partial charge in [0.1, 0.15) is 0 Å². The van der Waals surface area contributed by atoms with Crippen LogP contribution in [0.25, 0.3) is 0 Å². The monoisotopic (exact) mass is 234 g/mol. The molecule has 2 nitrogen and oxygen atoms in total. The number of anilines is 2. The molecule has 0 saturated carbocycles. The van der Waals surface area contributed by atoms with Gasteiger partial charge in [-0.25, -0.2) is 0 Å². The molecule has 0 atom stereocenters. The van der Waals surface area contributed by atoms with Crippen molar-refractivity contribution in [2.24, 2.45) is 0 Å². The number of para-hydroxylation sites is 2. The lowest BCUT2D eigenvalue weighted by Gasteiger charge is -1.94. The highest BCUT2D eigenvalue weighted by molar-refractivity contribution is 6.23. The van der Waals surface area contributed by atoms with Gasteiger partial charge in [0, 0.05) is 30.2 Å². The molecular weight excluding hydrogens is 220 g/mol. The molecule has 0 aliphatic rings.